The van der Waals surface area contributed by atoms with E-state index < -0.39 is 0 Å². The first-order valence-corrected chi connectivity index (χ1v) is 7.19. The quantitative estimate of drug-likeness (QED) is 0.671. The molecule has 1 atom stereocenters. The van der Waals surface area contributed by atoms with Crippen LogP contribution in [-0.2, 0) is 5.41 Å². The standard InChI is InChI=1S/C20H20/c1-3-17-14-16(2)15-20(17,18-10-6-4-7-11-18)19-12-8-5-9-13-19/h3-13,15,17H,1,14H2,2H3. The van der Waals surface area contributed by atoms with Crippen LogP contribution in [0.25, 0.3) is 0 Å². The van der Waals surface area contributed by atoms with E-state index in [2.05, 4.69) is 86.3 Å². The van der Waals surface area contributed by atoms with Crippen LogP contribution in [0, 0.1) is 5.92 Å². The van der Waals surface area contributed by atoms with Crippen LogP contribution < -0.4 is 0 Å². The SMILES string of the molecule is C=CC1CC(C)=CC1(c1ccccc1)c1ccccc1. The summed E-state index contributed by atoms with van der Waals surface area (Å²) in [5.74, 6) is 0.423. The summed E-state index contributed by atoms with van der Waals surface area (Å²) in [4.78, 5) is 0. The molecule has 0 heteroatoms. The minimum absolute atomic E-state index is 0.0612. The Morgan fingerprint density at radius 2 is 1.45 bits per heavy atom. The Kier molecular flexibility index (Phi) is 3.31. The van der Waals surface area contributed by atoms with E-state index in [9.17, 15) is 0 Å². The van der Waals surface area contributed by atoms with Crippen molar-refractivity contribution >= 4 is 0 Å². The van der Waals surface area contributed by atoms with Gasteiger partial charge in [-0.2, -0.15) is 0 Å². The van der Waals surface area contributed by atoms with Crippen LogP contribution in [0.4, 0.5) is 0 Å². The van der Waals surface area contributed by atoms with Gasteiger partial charge >= 0.3 is 0 Å². The maximum atomic E-state index is 4.09. The van der Waals surface area contributed by atoms with E-state index >= 15 is 0 Å². The molecule has 0 aromatic heterocycles. The molecule has 0 amide bonds. The molecule has 20 heavy (non-hydrogen) atoms. The summed E-state index contributed by atoms with van der Waals surface area (Å²) < 4.78 is 0. The summed E-state index contributed by atoms with van der Waals surface area (Å²) in [6, 6.07) is 21.6. The summed E-state index contributed by atoms with van der Waals surface area (Å²) in [5, 5.41) is 0. The molecule has 0 nitrogen and oxygen atoms in total. The number of allylic oxidation sites excluding steroid dienone is 3. The number of hydrogen-bond donors (Lipinski definition) is 0. The van der Waals surface area contributed by atoms with Crippen molar-refractivity contribution in [1.82, 2.24) is 0 Å². The van der Waals surface area contributed by atoms with Crippen LogP contribution in [0.5, 0.6) is 0 Å². The fraction of sp³-hybridized carbons (Fsp3) is 0.200. The second-order valence-corrected chi connectivity index (χ2v) is 5.64. The number of hydrogen-bond acceptors (Lipinski definition) is 0. The predicted molar refractivity (Wildman–Crippen MR) is 85.7 cm³/mol. The zero-order valence-corrected chi connectivity index (χ0v) is 11.9. The van der Waals surface area contributed by atoms with Gasteiger partial charge in [0.2, 0.25) is 0 Å². The van der Waals surface area contributed by atoms with Crippen molar-refractivity contribution in [2.45, 2.75) is 18.8 Å². The Hall–Kier alpha value is -2.08. The molecule has 1 aliphatic rings. The second-order valence-electron chi connectivity index (χ2n) is 5.64. The van der Waals surface area contributed by atoms with Crippen LogP contribution in [0.15, 0.2) is 85.0 Å². The van der Waals surface area contributed by atoms with Crippen LogP contribution in [0.1, 0.15) is 24.5 Å². The molecule has 0 saturated heterocycles. The van der Waals surface area contributed by atoms with E-state index in [1.165, 1.54) is 16.7 Å². The Morgan fingerprint density at radius 3 is 1.90 bits per heavy atom. The predicted octanol–water partition coefficient (Wildman–Crippen LogP) is 5.12. The van der Waals surface area contributed by atoms with E-state index in [1.54, 1.807) is 0 Å². The molecule has 0 bridgehead atoms. The monoisotopic (exact) mass is 260 g/mol. The molecule has 0 spiro atoms. The van der Waals surface area contributed by atoms with E-state index in [-0.39, 0.29) is 5.41 Å². The van der Waals surface area contributed by atoms with Crippen LogP contribution in [-0.4, -0.2) is 0 Å². The van der Waals surface area contributed by atoms with Crippen molar-refractivity contribution < 1.29 is 0 Å². The molecule has 100 valence electrons. The third-order valence-electron chi connectivity index (χ3n) is 4.39. The highest BCUT2D eigenvalue weighted by molar-refractivity contribution is 5.50. The first-order valence-electron chi connectivity index (χ1n) is 7.19. The molecule has 3 rings (SSSR count). The molecule has 0 heterocycles. The lowest BCUT2D eigenvalue weighted by Crippen LogP contribution is -2.30. The molecule has 2 aromatic carbocycles. The minimum atomic E-state index is -0.0612. The molecule has 1 aliphatic carbocycles. The number of benzene rings is 2. The summed E-state index contributed by atoms with van der Waals surface area (Å²) in [6.07, 6.45) is 5.64. The third kappa shape index (κ3) is 1.92. The summed E-state index contributed by atoms with van der Waals surface area (Å²) in [6.45, 7) is 6.32. The number of rotatable bonds is 3. The van der Waals surface area contributed by atoms with Crippen molar-refractivity contribution in [2.24, 2.45) is 5.92 Å². The lowest BCUT2D eigenvalue weighted by Gasteiger charge is -2.34. The van der Waals surface area contributed by atoms with Gasteiger partial charge in [0.1, 0.15) is 0 Å². The molecule has 1 unspecified atom stereocenters. The molecular formula is C20H20. The van der Waals surface area contributed by atoms with Gasteiger partial charge in [-0.15, -0.1) is 6.58 Å². The van der Waals surface area contributed by atoms with E-state index in [0.29, 0.717) is 5.92 Å². The van der Waals surface area contributed by atoms with Gasteiger partial charge in [0.05, 0.1) is 0 Å². The normalized spacial score (nSPS) is 20.4. The van der Waals surface area contributed by atoms with Crippen molar-refractivity contribution in [3.63, 3.8) is 0 Å². The zero-order chi connectivity index (χ0) is 14.0. The van der Waals surface area contributed by atoms with Crippen molar-refractivity contribution in [2.75, 3.05) is 0 Å². The van der Waals surface area contributed by atoms with Gasteiger partial charge in [-0.1, -0.05) is 78.4 Å². The first-order chi connectivity index (χ1) is 9.77. The highest BCUT2D eigenvalue weighted by Crippen LogP contribution is 2.49. The molecule has 2 aromatic rings. The Balaban J connectivity index is 2.26. The molecule has 0 aliphatic heterocycles. The van der Waals surface area contributed by atoms with Gasteiger partial charge in [0.15, 0.2) is 0 Å². The van der Waals surface area contributed by atoms with Gasteiger partial charge in [-0.05, 0) is 30.4 Å². The lowest BCUT2D eigenvalue weighted by molar-refractivity contribution is 0.496. The second kappa shape index (κ2) is 5.13. The average Bonchev–Trinajstić information content (AvgIpc) is 2.87. The van der Waals surface area contributed by atoms with Gasteiger partial charge in [0, 0.05) is 5.41 Å². The highest BCUT2D eigenvalue weighted by atomic mass is 14.4. The summed E-state index contributed by atoms with van der Waals surface area (Å²) >= 11 is 0. The Bertz CT molecular complexity index is 580. The Morgan fingerprint density at radius 1 is 0.950 bits per heavy atom. The van der Waals surface area contributed by atoms with Gasteiger partial charge in [-0.25, -0.2) is 0 Å². The van der Waals surface area contributed by atoms with Gasteiger partial charge < -0.3 is 0 Å². The largest absolute Gasteiger partial charge is 0.103 e. The topological polar surface area (TPSA) is 0 Å². The fourth-order valence-electron chi connectivity index (χ4n) is 3.52. The molecule has 0 fully saturated rings. The van der Waals surface area contributed by atoms with E-state index in [4.69, 9.17) is 0 Å². The lowest BCUT2D eigenvalue weighted by atomic mass is 9.68. The highest BCUT2D eigenvalue weighted by Gasteiger charge is 2.42. The maximum absolute atomic E-state index is 4.09. The van der Waals surface area contributed by atoms with Crippen molar-refractivity contribution in [3.05, 3.63) is 96.1 Å². The average molecular weight is 260 g/mol. The van der Waals surface area contributed by atoms with Crippen molar-refractivity contribution in [3.8, 4) is 0 Å². The molecular weight excluding hydrogens is 240 g/mol. The smallest absolute Gasteiger partial charge is 0.0449 e. The molecule has 0 radical (unpaired) electrons. The maximum Gasteiger partial charge on any atom is 0.0449 e. The third-order valence-corrected chi connectivity index (χ3v) is 4.39. The fourth-order valence-corrected chi connectivity index (χ4v) is 3.52. The molecule has 0 saturated carbocycles. The van der Waals surface area contributed by atoms with Crippen LogP contribution >= 0.6 is 0 Å². The minimum Gasteiger partial charge on any atom is -0.103 e. The van der Waals surface area contributed by atoms with E-state index in [1.807, 2.05) is 0 Å². The van der Waals surface area contributed by atoms with Gasteiger partial charge in [-0.3, -0.25) is 0 Å². The summed E-state index contributed by atoms with van der Waals surface area (Å²) in [7, 11) is 0. The molecule has 0 N–H and O–H groups in total. The van der Waals surface area contributed by atoms with E-state index in [0.717, 1.165) is 6.42 Å². The Labute approximate surface area is 121 Å². The summed E-state index contributed by atoms with van der Waals surface area (Å²) in [5.41, 5.74) is 4.09. The van der Waals surface area contributed by atoms with Crippen LogP contribution in [0.3, 0.4) is 0 Å². The first kappa shape index (κ1) is 12.9. The van der Waals surface area contributed by atoms with Gasteiger partial charge in [0.25, 0.3) is 0 Å². The van der Waals surface area contributed by atoms with Crippen LogP contribution in [0.2, 0.25) is 0 Å². The zero-order valence-electron chi connectivity index (χ0n) is 11.9. The van der Waals surface area contributed by atoms with Crippen molar-refractivity contribution in [1.29, 1.82) is 0 Å².